The Morgan fingerprint density at radius 2 is 2.24 bits per heavy atom. The lowest BCUT2D eigenvalue weighted by molar-refractivity contribution is 0.384. The molecule has 17 heavy (non-hydrogen) atoms. The van der Waals surface area contributed by atoms with Crippen LogP contribution in [0.3, 0.4) is 0 Å². The lowest BCUT2D eigenvalue weighted by Crippen LogP contribution is -2.35. The normalized spacial score (nSPS) is 12.0. The van der Waals surface area contributed by atoms with Gasteiger partial charge in [-0.05, 0) is 32.2 Å². The Morgan fingerprint density at radius 1 is 1.47 bits per heavy atom. The molecule has 92 valence electrons. The van der Waals surface area contributed by atoms with Gasteiger partial charge in [0.25, 0.3) is 0 Å². The molecule has 2 aromatic rings. The van der Waals surface area contributed by atoms with Gasteiger partial charge in [0, 0.05) is 5.54 Å². The van der Waals surface area contributed by atoms with Crippen molar-refractivity contribution in [1.29, 1.82) is 0 Å². The molecule has 0 fully saturated rings. The van der Waals surface area contributed by atoms with Gasteiger partial charge in [0.2, 0.25) is 5.89 Å². The Kier molecular flexibility index (Phi) is 3.56. The maximum atomic E-state index is 6.04. The zero-order valence-electron chi connectivity index (χ0n) is 10.1. The molecule has 0 unspecified atom stereocenters. The molecule has 0 saturated heterocycles. The number of hydrogen-bond donors (Lipinski definition) is 1. The molecule has 0 saturated carbocycles. The summed E-state index contributed by atoms with van der Waals surface area (Å²) < 4.78 is 5.66. The van der Waals surface area contributed by atoms with Crippen LogP contribution < -0.4 is 5.32 Å². The molecule has 1 N–H and O–H groups in total. The molecule has 0 aromatic carbocycles. The first-order chi connectivity index (χ1) is 7.96. The second-order valence-corrected chi connectivity index (χ2v) is 6.14. The van der Waals surface area contributed by atoms with E-state index in [4.69, 9.17) is 16.0 Å². The van der Waals surface area contributed by atoms with Crippen molar-refractivity contribution in [2.24, 2.45) is 0 Å². The van der Waals surface area contributed by atoms with E-state index in [1.54, 1.807) is 17.5 Å². The summed E-state index contributed by atoms with van der Waals surface area (Å²) in [4.78, 5) is 5.17. The number of rotatable bonds is 3. The number of nitrogens with one attached hydrogen (secondary N) is 1. The Labute approximate surface area is 110 Å². The molecule has 0 aliphatic carbocycles. The van der Waals surface area contributed by atoms with Crippen LogP contribution in [0.1, 0.15) is 26.7 Å². The fraction of sp³-hybridized carbons (Fsp3) is 0.417. The van der Waals surface area contributed by atoms with Crippen molar-refractivity contribution in [3.05, 3.63) is 28.6 Å². The predicted octanol–water partition coefficient (Wildman–Crippen LogP) is 3.94. The third-order valence-electron chi connectivity index (χ3n) is 2.16. The molecule has 2 aromatic heterocycles. The molecular weight excluding hydrogens is 256 g/mol. The summed E-state index contributed by atoms with van der Waals surface area (Å²) in [5.74, 6) is 1.41. The first-order valence-corrected chi connectivity index (χ1v) is 6.64. The van der Waals surface area contributed by atoms with E-state index in [0.717, 1.165) is 10.6 Å². The van der Waals surface area contributed by atoms with E-state index in [1.807, 2.05) is 11.4 Å². The molecule has 2 heterocycles. The summed E-state index contributed by atoms with van der Waals surface area (Å²) in [5.41, 5.74) is 0.0508. The molecule has 0 radical (unpaired) electrons. The van der Waals surface area contributed by atoms with Gasteiger partial charge < -0.3 is 9.73 Å². The van der Waals surface area contributed by atoms with Crippen LogP contribution in [0, 0.1) is 0 Å². The number of nitrogens with zero attached hydrogens (tertiary/aromatic N) is 1. The first kappa shape index (κ1) is 12.6. The number of oxazole rings is 1. The quantitative estimate of drug-likeness (QED) is 0.918. The minimum atomic E-state index is 0.0508. The number of hydrogen-bond acceptors (Lipinski definition) is 4. The zero-order chi connectivity index (χ0) is 12.5. The van der Waals surface area contributed by atoms with Crippen LogP contribution in [0.5, 0.6) is 0 Å². The Bertz CT molecular complexity index is 499. The highest BCUT2D eigenvalue weighted by Gasteiger charge is 2.13. The molecule has 2 rings (SSSR count). The highest BCUT2D eigenvalue weighted by molar-refractivity contribution is 7.14. The summed E-state index contributed by atoms with van der Waals surface area (Å²) in [6.07, 6.45) is 1.72. The largest absolute Gasteiger partial charge is 0.438 e. The van der Waals surface area contributed by atoms with E-state index in [2.05, 4.69) is 31.1 Å². The Balaban J connectivity index is 2.09. The minimum Gasteiger partial charge on any atom is -0.438 e. The molecule has 0 aliphatic heterocycles. The van der Waals surface area contributed by atoms with Gasteiger partial charge in [0.1, 0.15) is 0 Å². The predicted molar refractivity (Wildman–Crippen MR) is 71.4 cm³/mol. The topological polar surface area (TPSA) is 38.1 Å². The van der Waals surface area contributed by atoms with Crippen LogP contribution in [0.25, 0.3) is 10.6 Å². The average Bonchev–Trinajstić information content (AvgIpc) is 2.81. The highest BCUT2D eigenvalue weighted by Crippen LogP contribution is 2.33. The molecule has 0 spiro atoms. The van der Waals surface area contributed by atoms with E-state index in [-0.39, 0.29) is 5.54 Å². The van der Waals surface area contributed by atoms with Crippen molar-refractivity contribution in [3.63, 3.8) is 0 Å². The molecule has 0 amide bonds. The summed E-state index contributed by atoms with van der Waals surface area (Å²) in [7, 11) is 0. The lowest BCUT2D eigenvalue weighted by atomic mass is 10.1. The molecule has 0 aliphatic rings. The number of halogens is 1. The van der Waals surface area contributed by atoms with Crippen LogP contribution in [0.2, 0.25) is 5.02 Å². The maximum absolute atomic E-state index is 6.04. The van der Waals surface area contributed by atoms with Crippen molar-refractivity contribution < 1.29 is 4.42 Å². The Hall–Kier alpha value is -0.840. The molecular formula is C12H15ClN2OS. The number of thiophene rings is 1. The van der Waals surface area contributed by atoms with Gasteiger partial charge in [-0.25, -0.2) is 4.98 Å². The summed E-state index contributed by atoms with van der Waals surface area (Å²) in [6.45, 7) is 6.93. The van der Waals surface area contributed by atoms with Gasteiger partial charge >= 0.3 is 0 Å². The average molecular weight is 271 g/mol. The van der Waals surface area contributed by atoms with Gasteiger partial charge in [-0.3, -0.25) is 0 Å². The molecule has 5 heteroatoms. The fourth-order valence-electron chi connectivity index (χ4n) is 1.31. The van der Waals surface area contributed by atoms with Crippen molar-refractivity contribution in [1.82, 2.24) is 10.3 Å². The SMILES string of the molecule is CC(C)(C)NCc1ncc(-c2sccc2Cl)o1. The van der Waals surface area contributed by atoms with Gasteiger partial charge in [-0.15, -0.1) is 11.3 Å². The van der Waals surface area contributed by atoms with Crippen molar-refractivity contribution >= 4 is 22.9 Å². The van der Waals surface area contributed by atoms with Gasteiger partial charge in [0.05, 0.1) is 22.6 Å². The summed E-state index contributed by atoms with van der Waals surface area (Å²) >= 11 is 7.59. The van der Waals surface area contributed by atoms with E-state index in [1.165, 1.54) is 0 Å². The van der Waals surface area contributed by atoms with Crippen LogP contribution in [0.15, 0.2) is 22.1 Å². The molecule has 0 bridgehead atoms. The van der Waals surface area contributed by atoms with E-state index in [9.17, 15) is 0 Å². The third kappa shape index (κ3) is 3.31. The van der Waals surface area contributed by atoms with Crippen LogP contribution in [-0.4, -0.2) is 10.5 Å². The Morgan fingerprint density at radius 3 is 2.82 bits per heavy atom. The van der Waals surface area contributed by atoms with E-state index < -0.39 is 0 Å². The highest BCUT2D eigenvalue weighted by atomic mass is 35.5. The lowest BCUT2D eigenvalue weighted by Gasteiger charge is -2.18. The number of aromatic nitrogens is 1. The smallest absolute Gasteiger partial charge is 0.208 e. The van der Waals surface area contributed by atoms with Crippen LogP contribution in [0.4, 0.5) is 0 Å². The zero-order valence-corrected chi connectivity index (χ0v) is 11.7. The fourth-order valence-corrected chi connectivity index (χ4v) is 2.40. The second-order valence-electron chi connectivity index (χ2n) is 4.82. The van der Waals surface area contributed by atoms with E-state index in [0.29, 0.717) is 17.5 Å². The van der Waals surface area contributed by atoms with Crippen molar-refractivity contribution in [3.8, 4) is 10.6 Å². The van der Waals surface area contributed by atoms with Gasteiger partial charge in [-0.1, -0.05) is 11.6 Å². The van der Waals surface area contributed by atoms with Crippen LogP contribution >= 0.6 is 22.9 Å². The minimum absolute atomic E-state index is 0.0508. The van der Waals surface area contributed by atoms with Crippen LogP contribution in [-0.2, 0) is 6.54 Å². The first-order valence-electron chi connectivity index (χ1n) is 5.39. The maximum Gasteiger partial charge on any atom is 0.208 e. The van der Waals surface area contributed by atoms with Gasteiger partial charge in [-0.2, -0.15) is 0 Å². The molecule has 0 atom stereocenters. The third-order valence-corrected chi connectivity index (χ3v) is 3.52. The second kappa shape index (κ2) is 4.80. The summed E-state index contributed by atoms with van der Waals surface area (Å²) in [6, 6.07) is 1.86. The van der Waals surface area contributed by atoms with Crippen molar-refractivity contribution in [2.45, 2.75) is 32.9 Å². The van der Waals surface area contributed by atoms with Gasteiger partial charge in [0.15, 0.2) is 5.76 Å². The van der Waals surface area contributed by atoms with Crippen molar-refractivity contribution in [2.75, 3.05) is 0 Å². The standard InChI is InChI=1S/C12H15ClN2OS/c1-12(2,3)15-7-10-14-6-9(16-10)11-8(13)4-5-17-11/h4-6,15H,7H2,1-3H3. The summed E-state index contributed by atoms with van der Waals surface area (Å²) in [5, 5.41) is 5.97. The monoisotopic (exact) mass is 270 g/mol. The van der Waals surface area contributed by atoms with E-state index >= 15 is 0 Å². The molecule has 3 nitrogen and oxygen atoms in total.